The number of carbonyl (C=O) groups excluding carboxylic acids is 1. The summed E-state index contributed by atoms with van der Waals surface area (Å²) in [6.07, 6.45) is 4.09. The average molecular weight is 336 g/mol. The molecule has 0 bridgehead atoms. The summed E-state index contributed by atoms with van der Waals surface area (Å²) in [6, 6.07) is 2.79. The van der Waals surface area contributed by atoms with Crippen molar-refractivity contribution in [2.45, 2.75) is 51.6 Å². The second-order valence-corrected chi connectivity index (χ2v) is 7.37. The molecule has 2 aliphatic rings. The topological polar surface area (TPSA) is 70.8 Å². The molecular formula is C18H32N4O2. The summed E-state index contributed by atoms with van der Waals surface area (Å²) in [5.74, 6) is 0.526. The summed E-state index contributed by atoms with van der Waals surface area (Å²) in [7, 11) is 0. The molecule has 0 aromatic heterocycles. The molecular weight excluding hydrogens is 304 g/mol. The number of hydrogen-bond acceptors (Lipinski definition) is 5. The normalized spacial score (nSPS) is 24.3. The van der Waals surface area contributed by atoms with Crippen LogP contribution in [0.3, 0.4) is 0 Å². The smallest absolute Gasteiger partial charge is 0.236 e. The van der Waals surface area contributed by atoms with Crippen molar-refractivity contribution in [2.75, 3.05) is 45.9 Å². The van der Waals surface area contributed by atoms with Crippen LogP contribution < -0.4 is 0 Å². The number of hydrogen-bond donors (Lipinski definition) is 1. The lowest BCUT2D eigenvalue weighted by atomic mass is 10.0. The molecule has 6 nitrogen and oxygen atoms in total. The van der Waals surface area contributed by atoms with Crippen molar-refractivity contribution in [1.29, 1.82) is 5.26 Å². The number of rotatable bonds is 7. The third-order valence-corrected chi connectivity index (χ3v) is 5.36. The highest BCUT2D eigenvalue weighted by Gasteiger charge is 2.30. The summed E-state index contributed by atoms with van der Waals surface area (Å²) in [5.41, 5.74) is 0. The maximum absolute atomic E-state index is 12.6. The number of nitriles is 1. The maximum Gasteiger partial charge on any atom is 0.236 e. The zero-order valence-electron chi connectivity index (χ0n) is 15.2. The van der Waals surface area contributed by atoms with Crippen LogP contribution in [-0.2, 0) is 4.79 Å². The van der Waals surface area contributed by atoms with Gasteiger partial charge in [-0.2, -0.15) is 5.26 Å². The van der Waals surface area contributed by atoms with E-state index in [-0.39, 0.29) is 18.6 Å². The van der Waals surface area contributed by atoms with Gasteiger partial charge in [-0.3, -0.25) is 14.6 Å². The maximum atomic E-state index is 12.6. The highest BCUT2D eigenvalue weighted by Crippen LogP contribution is 2.21. The van der Waals surface area contributed by atoms with Crippen LogP contribution in [0.25, 0.3) is 0 Å². The molecule has 6 heteroatoms. The monoisotopic (exact) mass is 336 g/mol. The zero-order chi connectivity index (χ0) is 17.5. The first-order chi connectivity index (χ1) is 11.6. The average Bonchev–Trinajstić information content (AvgIpc) is 3.01. The van der Waals surface area contributed by atoms with Crippen molar-refractivity contribution >= 4 is 5.91 Å². The highest BCUT2D eigenvalue weighted by atomic mass is 16.3. The van der Waals surface area contributed by atoms with Crippen molar-refractivity contribution in [3.8, 4) is 6.07 Å². The third kappa shape index (κ3) is 4.92. The fraction of sp³-hybridized carbons (Fsp3) is 0.889. The minimum absolute atomic E-state index is 0.0521. The molecule has 2 atom stereocenters. The Morgan fingerprint density at radius 3 is 2.54 bits per heavy atom. The minimum atomic E-state index is -0.0521. The van der Waals surface area contributed by atoms with Gasteiger partial charge in [-0.05, 0) is 38.1 Å². The summed E-state index contributed by atoms with van der Waals surface area (Å²) < 4.78 is 0. The molecule has 0 aliphatic carbocycles. The Balaban J connectivity index is 1.79. The standard InChI is InChI=1S/C18H32N4O2/c1-15(2)17(13-19)20-8-10-21(11-9-20)18(24)14-22-7-3-5-16(22)6-4-12-23/h15-17,23H,3-12,14H2,1-2H3. The summed E-state index contributed by atoms with van der Waals surface area (Å²) in [4.78, 5) is 19.0. The van der Waals surface area contributed by atoms with Gasteiger partial charge in [0.25, 0.3) is 0 Å². The molecule has 24 heavy (non-hydrogen) atoms. The number of aliphatic hydroxyl groups excluding tert-OH is 1. The summed E-state index contributed by atoms with van der Waals surface area (Å²) in [6.45, 7) is 8.89. The van der Waals surface area contributed by atoms with Crippen LogP contribution in [0.15, 0.2) is 0 Å². The number of amides is 1. The van der Waals surface area contributed by atoms with Crippen molar-refractivity contribution < 1.29 is 9.90 Å². The fourth-order valence-electron chi connectivity index (χ4n) is 3.93. The molecule has 2 fully saturated rings. The molecule has 2 unspecified atom stereocenters. The molecule has 136 valence electrons. The van der Waals surface area contributed by atoms with Crippen molar-refractivity contribution in [1.82, 2.24) is 14.7 Å². The number of aliphatic hydroxyl groups is 1. The van der Waals surface area contributed by atoms with Crippen LogP contribution in [0.5, 0.6) is 0 Å². The molecule has 1 amide bonds. The third-order valence-electron chi connectivity index (χ3n) is 5.36. The van der Waals surface area contributed by atoms with Gasteiger partial charge in [-0.25, -0.2) is 0 Å². The Morgan fingerprint density at radius 2 is 1.96 bits per heavy atom. The van der Waals surface area contributed by atoms with E-state index in [0.29, 0.717) is 18.5 Å². The number of nitrogens with zero attached hydrogens (tertiary/aromatic N) is 4. The first kappa shape index (κ1) is 19.2. The molecule has 0 aromatic carbocycles. The van der Waals surface area contributed by atoms with Crippen molar-refractivity contribution in [3.63, 3.8) is 0 Å². The highest BCUT2D eigenvalue weighted by molar-refractivity contribution is 5.78. The Bertz CT molecular complexity index is 441. The predicted molar refractivity (Wildman–Crippen MR) is 93.3 cm³/mol. The molecule has 2 heterocycles. The zero-order valence-corrected chi connectivity index (χ0v) is 15.2. The van der Waals surface area contributed by atoms with E-state index >= 15 is 0 Å². The molecule has 0 saturated carbocycles. The van der Waals surface area contributed by atoms with Gasteiger partial charge in [0.15, 0.2) is 0 Å². The minimum Gasteiger partial charge on any atom is -0.396 e. The van der Waals surface area contributed by atoms with Crippen molar-refractivity contribution in [3.05, 3.63) is 0 Å². The number of carbonyl (C=O) groups is 1. The lowest BCUT2D eigenvalue weighted by molar-refractivity contribution is -0.134. The van der Waals surface area contributed by atoms with Gasteiger partial charge < -0.3 is 10.0 Å². The quantitative estimate of drug-likeness (QED) is 0.748. The second kappa shape index (κ2) is 9.36. The van der Waals surface area contributed by atoms with Gasteiger partial charge in [0, 0.05) is 38.8 Å². The lowest BCUT2D eigenvalue weighted by Crippen LogP contribution is -2.54. The van der Waals surface area contributed by atoms with E-state index in [4.69, 9.17) is 5.11 Å². The van der Waals surface area contributed by atoms with E-state index in [1.807, 2.05) is 4.90 Å². The molecule has 0 aromatic rings. The fourth-order valence-corrected chi connectivity index (χ4v) is 3.93. The first-order valence-corrected chi connectivity index (χ1v) is 9.33. The largest absolute Gasteiger partial charge is 0.396 e. The van der Waals surface area contributed by atoms with Crippen LogP contribution >= 0.6 is 0 Å². The summed E-state index contributed by atoms with van der Waals surface area (Å²) >= 11 is 0. The van der Waals surface area contributed by atoms with Gasteiger partial charge in [-0.1, -0.05) is 13.8 Å². The Labute approximate surface area is 146 Å². The van der Waals surface area contributed by atoms with Gasteiger partial charge in [-0.15, -0.1) is 0 Å². The van der Waals surface area contributed by atoms with E-state index in [1.165, 1.54) is 0 Å². The van der Waals surface area contributed by atoms with E-state index in [0.717, 1.165) is 58.4 Å². The Hall–Kier alpha value is -1.16. The number of likely N-dealkylation sites (tertiary alicyclic amines) is 1. The van der Waals surface area contributed by atoms with Gasteiger partial charge in [0.1, 0.15) is 6.04 Å². The predicted octanol–water partition coefficient (Wildman–Crippen LogP) is 0.916. The molecule has 2 rings (SSSR count). The molecule has 0 spiro atoms. The molecule has 2 saturated heterocycles. The molecule has 2 aliphatic heterocycles. The molecule has 0 radical (unpaired) electrons. The first-order valence-electron chi connectivity index (χ1n) is 9.33. The van der Waals surface area contributed by atoms with E-state index in [9.17, 15) is 10.1 Å². The Morgan fingerprint density at radius 1 is 1.25 bits per heavy atom. The molecule has 1 N–H and O–H groups in total. The van der Waals surface area contributed by atoms with Crippen LogP contribution in [-0.4, -0.2) is 83.7 Å². The van der Waals surface area contributed by atoms with Crippen molar-refractivity contribution in [2.24, 2.45) is 5.92 Å². The SMILES string of the molecule is CC(C)C(C#N)N1CCN(C(=O)CN2CCCC2CCCO)CC1. The lowest BCUT2D eigenvalue weighted by Gasteiger charge is -2.39. The summed E-state index contributed by atoms with van der Waals surface area (Å²) in [5, 5.41) is 18.3. The second-order valence-electron chi connectivity index (χ2n) is 7.37. The Kier molecular flexibility index (Phi) is 7.47. The van der Waals surface area contributed by atoms with Gasteiger partial charge in [0.2, 0.25) is 5.91 Å². The van der Waals surface area contributed by atoms with Crippen LogP contribution in [0.4, 0.5) is 0 Å². The number of piperazine rings is 1. The van der Waals surface area contributed by atoms with Gasteiger partial charge >= 0.3 is 0 Å². The van der Waals surface area contributed by atoms with E-state index in [1.54, 1.807) is 0 Å². The van der Waals surface area contributed by atoms with Crippen LogP contribution in [0, 0.1) is 17.2 Å². The van der Waals surface area contributed by atoms with E-state index < -0.39 is 0 Å². The van der Waals surface area contributed by atoms with E-state index in [2.05, 4.69) is 29.7 Å². The van der Waals surface area contributed by atoms with Crippen LogP contribution in [0.1, 0.15) is 39.5 Å². The van der Waals surface area contributed by atoms with Crippen LogP contribution in [0.2, 0.25) is 0 Å². The van der Waals surface area contributed by atoms with Gasteiger partial charge in [0.05, 0.1) is 12.6 Å².